The highest BCUT2D eigenvalue weighted by Gasteiger charge is 2.11. The molecule has 0 saturated heterocycles. The van der Waals surface area contributed by atoms with E-state index in [0.29, 0.717) is 6.61 Å². The molecule has 0 aromatic carbocycles. The third-order valence-corrected chi connectivity index (χ3v) is 3.09. The number of nitrogens with one attached hydrogen (secondary N) is 1. The smallest absolute Gasteiger partial charge is 0.339 e. The molecule has 112 valence electrons. The van der Waals surface area contributed by atoms with E-state index in [0.717, 1.165) is 18.2 Å². The minimum Gasteiger partial charge on any atom is -0.463 e. The van der Waals surface area contributed by atoms with Crippen molar-refractivity contribution in [2.24, 2.45) is 7.05 Å². The lowest BCUT2D eigenvalue weighted by Crippen LogP contribution is -2.33. The number of hydrogen-bond acceptors (Lipinski definition) is 9. The van der Waals surface area contributed by atoms with Gasteiger partial charge in [0.2, 0.25) is 11.1 Å². The first-order valence-corrected chi connectivity index (χ1v) is 6.80. The van der Waals surface area contributed by atoms with Gasteiger partial charge in [-0.15, -0.1) is 0 Å². The Kier molecular flexibility index (Phi) is 4.52. The van der Waals surface area contributed by atoms with E-state index in [-0.39, 0.29) is 22.3 Å². The summed E-state index contributed by atoms with van der Waals surface area (Å²) in [5.74, 6) is -0.00646. The van der Waals surface area contributed by atoms with Crippen LogP contribution < -0.4 is 21.6 Å². The quantitative estimate of drug-likeness (QED) is 0.677. The van der Waals surface area contributed by atoms with Gasteiger partial charge in [-0.2, -0.15) is 19.9 Å². The van der Waals surface area contributed by atoms with Crippen LogP contribution in [0.25, 0.3) is 0 Å². The molecule has 0 saturated carbocycles. The number of aromatic amines is 1. The van der Waals surface area contributed by atoms with Gasteiger partial charge in [0.25, 0.3) is 0 Å². The largest absolute Gasteiger partial charge is 0.463 e. The summed E-state index contributed by atoms with van der Waals surface area (Å²) in [5, 5.41) is 2.75. The third kappa shape index (κ3) is 3.78. The van der Waals surface area contributed by atoms with Gasteiger partial charge in [0.05, 0.1) is 6.61 Å². The van der Waals surface area contributed by atoms with E-state index in [2.05, 4.69) is 25.0 Å². The molecular formula is C10H13N7O3S. The topological polar surface area (TPSA) is 142 Å². The number of rotatable bonds is 5. The lowest BCUT2D eigenvalue weighted by molar-refractivity contribution is 0.288. The van der Waals surface area contributed by atoms with Crippen LogP contribution in [-0.4, -0.2) is 36.3 Å². The summed E-state index contributed by atoms with van der Waals surface area (Å²) in [6, 6.07) is 0.0984. The number of nitrogens with two attached hydrogens (primary N) is 1. The van der Waals surface area contributed by atoms with Gasteiger partial charge >= 0.3 is 17.1 Å². The summed E-state index contributed by atoms with van der Waals surface area (Å²) >= 11 is 0.958. The maximum atomic E-state index is 11.3. The van der Waals surface area contributed by atoms with Crippen LogP contribution >= 0.6 is 11.8 Å². The van der Waals surface area contributed by atoms with Crippen molar-refractivity contribution in [1.82, 2.24) is 29.7 Å². The Morgan fingerprint density at radius 2 is 2.05 bits per heavy atom. The van der Waals surface area contributed by atoms with E-state index < -0.39 is 11.1 Å². The number of hydrogen-bond donors (Lipinski definition) is 2. The first-order chi connectivity index (χ1) is 9.99. The summed E-state index contributed by atoms with van der Waals surface area (Å²) in [5.41, 5.74) is 3.88. The molecule has 0 aliphatic carbocycles. The van der Waals surface area contributed by atoms with E-state index in [1.807, 2.05) is 6.92 Å². The Bertz CT molecular complexity index is 757. The van der Waals surface area contributed by atoms with Crippen molar-refractivity contribution in [1.29, 1.82) is 0 Å². The summed E-state index contributed by atoms with van der Waals surface area (Å²) in [4.78, 5) is 37.8. The fourth-order valence-electron chi connectivity index (χ4n) is 1.29. The molecular weight excluding hydrogens is 298 g/mol. The van der Waals surface area contributed by atoms with Crippen molar-refractivity contribution in [3.05, 3.63) is 20.7 Å². The number of aromatic nitrogens is 6. The molecule has 0 atom stereocenters. The molecule has 0 aliphatic rings. The second-order valence-electron chi connectivity index (χ2n) is 3.91. The van der Waals surface area contributed by atoms with Gasteiger partial charge in [0, 0.05) is 7.05 Å². The first-order valence-electron chi connectivity index (χ1n) is 5.99. The lowest BCUT2D eigenvalue weighted by atomic mass is 10.5. The number of nitrogen functional groups attached to an aromatic ring is 1. The van der Waals surface area contributed by atoms with Gasteiger partial charge in [-0.05, 0) is 18.2 Å². The van der Waals surface area contributed by atoms with Crippen molar-refractivity contribution in [2.75, 3.05) is 12.3 Å². The molecule has 2 rings (SSSR count). The van der Waals surface area contributed by atoms with Crippen LogP contribution in [0.2, 0.25) is 0 Å². The highest BCUT2D eigenvalue weighted by molar-refractivity contribution is 7.99. The molecule has 10 nitrogen and oxygen atoms in total. The zero-order chi connectivity index (χ0) is 15.4. The normalized spacial score (nSPS) is 10.6. The zero-order valence-corrected chi connectivity index (χ0v) is 12.2. The van der Waals surface area contributed by atoms with E-state index in [9.17, 15) is 9.59 Å². The summed E-state index contributed by atoms with van der Waals surface area (Å²) in [6.45, 7) is 2.39. The van der Waals surface area contributed by atoms with Crippen molar-refractivity contribution in [2.45, 2.75) is 23.7 Å². The maximum absolute atomic E-state index is 11.3. The van der Waals surface area contributed by atoms with Crippen LogP contribution in [0.3, 0.4) is 0 Å². The Morgan fingerprint density at radius 3 is 2.76 bits per heavy atom. The van der Waals surface area contributed by atoms with Crippen molar-refractivity contribution < 1.29 is 4.74 Å². The van der Waals surface area contributed by atoms with Crippen LogP contribution in [0.5, 0.6) is 6.01 Å². The maximum Gasteiger partial charge on any atom is 0.339 e. The number of H-pyrrole nitrogens is 1. The number of ether oxygens (including phenoxy) is 1. The molecule has 0 bridgehead atoms. The van der Waals surface area contributed by atoms with Crippen LogP contribution in [0.4, 0.5) is 5.95 Å². The Balaban J connectivity index is 2.31. The molecule has 0 fully saturated rings. The van der Waals surface area contributed by atoms with Crippen LogP contribution in [0.15, 0.2) is 19.9 Å². The molecule has 2 aromatic rings. The Hall–Kier alpha value is -2.43. The van der Waals surface area contributed by atoms with Gasteiger partial charge in [-0.1, -0.05) is 6.92 Å². The molecule has 0 radical (unpaired) electrons. The van der Waals surface area contributed by atoms with E-state index in [1.165, 1.54) is 11.7 Å². The summed E-state index contributed by atoms with van der Waals surface area (Å²) in [6.07, 6.45) is 0.796. The van der Waals surface area contributed by atoms with Gasteiger partial charge < -0.3 is 10.5 Å². The standard InChI is InChI=1S/C10H13N7O3S/c1-3-4-20-8-13-7(11)14-9(15-8)21-10-12-5(18)6(19)16-17(10)2/h3-4H2,1-2H3,(H,16,19)(H2,11,13,14,15). The zero-order valence-electron chi connectivity index (χ0n) is 11.4. The first kappa shape index (κ1) is 15.0. The van der Waals surface area contributed by atoms with Crippen molar-refractivity contribution in [3.8, 4) is 6.01 Å². The van der Waals surface area contributed by atoms with Gasteiger partial charge in [-0.25, -0.2) is 0 Å². The van der Waals surface area contributed by atoms with Crippen LogP contribution in [-0.2, 0) is 7.05 Å². The molecule has 2 heterocycles. The van der Waals surface area contributed by atoms with Crippen LogP contribution in [0, 0.1) is 0 Å². The predicted octanol–water partition coefficient (Wildman–Crippen LogP) is -0.824. The summed E-state index contributed by atoms with van der Waals surface area (Å²) in [7, 11) is 1.54. The highest BCUT2D eigenvalue weighted by Crippen LogP contribution is 2.22. The number of aryl methyl sites for hydroxylation is 1. The monoisotopic (exact) mass is 311 g/mol. The van der Waals surface area contributed by atoms with Gasteiger partial charge in [0.15, 0.2) is 5.16 Å². The fraction of sp³-hybridized carbons (Fsp3) is 0.400. The Labute approximate surface area is 122 Å². The molecule has 0 spiro atoms. The minimum absolute atomic E-state index is 0.00646. The second-order valence-corrected chi connectivity index (χ2v) is 4.84. The number of nitrogens with zero attached hydrogens (tertiary/aromatic N) is 5. The van der Waals surface area contributed by atoms with E-state index in [1.54, 1.807) is 0 Å². The lowest BCUT2D eigenvalue weighted by Gasteiger charge is -2.07. The van der Waals surface area contributed by atoms with Crippen molar-refractivity contribution in [3.63, 3.8) is 0 Å². The summed E-state index contributed by atoms with van der Waals surface area (Å²) < 4.78 is 6.58. The van der Waals surface area contributed by atoms with E-state index >= 15 is 0 Å². The molecule has 3 N–H and O–H groups in total. The fourth-order valence-corrected chi connectivity index (χ4v) is 2.03. The SMILES string of the molecule is CCCOc1nc(N)nc(Sc2nc(=O)c(=O)[nH]n2C)n1. The highest BCUT2D eigenvalue weighted by atomic mass is 32.2. The minimum atomic E-state index is -0.889. The molecule has 0 aliphatic heterocycles. The van der Waals surface area contributed by atoms with E-state index in [4.69, 9.17) is 10.5 Å². The average Bonchev–Trinajstić information content (AvgIpc) is 2.42. The molecule has 0 amide bonds. The molecule has 0 unspecified atom stereocenters. The average molecular weight is 311 g/mol. The van der Waals surface area contributed by atoms with Gasteiger partial charge in [-0.3, -0.25) is 19.4 Å². The Morgan fingerprint density at radius 1 is 1.29 bits per heavy atom. The molecule has 2 aromatic heterocycles. The van der Waals surface area contributed by atoms with Gasteiger partial charge in [0.1, 0.15) is 0 Å². The second kappa shape index (κ2) is 6.35. The van der Waals surface area contributed by atoms with Crippen molar-refractivity contribution >= 4 is 17.7 Å². The molecule has 21 heavy (non-hydrogen) atoms. The predicted molar refractivity (Wildman–Crippen MR) is 74.2 cm³/mol. The number of anilines is 1. The molecule has 11 heteroatoms. The third-order valence-electron chi connectivity index (χ3n) is 2.18. The van der Waals surface area contributed by atoms with Crippen LogP contribution in [0.1, 0.15) is 13.3 Å².